The SMILES string of the molecule is CCc1ccc(CN2CCC(OC(=O)NC(c3ccccc3)c3ccccc3)CC2)cc1. The molecule has 0 bridgehead atoms. The van der Waals surface area contributed by atoms with E-state index in [0.29, 0.717) is 0 Å². The number of ether oxygens (including phenoxy) is 1. The summed E-state index contributed by atoms with van der Waals surface area (Å²) in [7, 11) is 0. The molecule has 166 valence electrons. The molecule has 4 heteroatoms. The van der Waals surface area contributed by atoms with Crippen molar-refractivity contribution in [3.8, 4) is 0 Å². The number of aryl methyl sites for hydroxylation is 1. The van der Waals surface area contributed by atoms with Crippen molar-refractivity contribution >= 4 is 6.09 Å². The molecule has 1 aliphatic rings. The summed E-state index contributed by atoms with van der Waals surface area (Å²) in [5, 5.41) is 3.08. The van der Waals surface area contributed by atoms with Crippen LogP contribution in [0, 0.1) is 0 Å². The average molecular weight is 429 g/mol. The fourth-order valence-electron chi connectivity index (χ4n) is 4.28. The largest absolute Gasteiger partial charge is 0.446 e. The molecule has 1 saturated heterocycles. The van der Waals surface area contributed by atoms with Crippen molar-refractivity contribution in [1.82, 2.24) is 10.2 Å². The molecular formula is C28H32N2O2. The summed E-state index contributed by atoms with van der Waals surface area (Å²) in [6, 6.07) is 28.7. The number of amides is 1. The second-order valence-corrected chi connectivity index (χ2v) is 8.45. The van der Waals surface area contributed by atoms with Gasteiger partial charge < -0.3 is 10.1 Å². The van der Waals surface area contributed by atoms with Crippen molar-refractivity contribution in [3.05, 3.63) is 107 Å². The van der Waals surface area contributed by atoms with E-state index in [2.05, 4.69) is 41.4 Å². The molecule has 0 atom stereocenters. The fourth-order valence-corrected chi connectivity index (χ4v) is 4.28. The smallest absolute Gasteiger partial charge is 0.408 e. The number of nitrogens with zero attached hydrogens (tertiary/aromatic N) is 1. The van der Waals surface area contributed by atoms with E-state index in [1.54, 1.807) is 0 Å². The minimum Gasteiger partial charge on any atom is -0.446 e. The zero-order valence-corrected chi connectivity index (χ0v) is 18.7. The first-order chi connectivity index (χ1) is 15.7. The average Bonchev–Trinajstić information content (AvgIpc) is 2.85. The maximum Gasteiger partial charge on any atom is 0.408 e. The van der Waals surface area contributed by atoms with Crippen molar-refractivity contribution in [2.24, 2.45) is 0 Å². The molecule has 0 spiro atoms. The highest BCUT2D eigenvalue weighted by Gasteiger charge is 2.24. The topological polar surface area (TPSA) is 41.6 Å². The van der Waals surface area contributed by atoms with Gasteiger partial charge in [0.2, 0.25) is 0 Å². The van der Waals surface area contributed by atoms with Gasteiger partial charge in [-0.3, -0.25) is 4.90 Å². The van der Waals surface area contributed by atoms with E-state index in [1.807, 2.05) is 60.7 Å². The predicted octanol–water partition coefficient (Wildman–Crippen LogP) is 5.73. The normalized spacial score (nSPS) is 14.9. The Morgan fingerprint density at radius 3 is 1.94 bits per heavy atom. The minimum absolute atomic E-state index is 0.0408. The Morgan fingerprint density at radius 1 is 0.875 bits per heavy atom. The number of hydrogen-bond donors (Lipinski definition) is 1. The van der Waals surface area contributed by atoms with Gasteiger partial charge in [0.15, 0.2) is 0 Å². The first-order valence-corrected chi connectivity index (χ1v) is 11.6. The lowest BCUT2D eigenvalue weighted by molar-refractivity contribution is 0.0476. The Bertz CT molecular complexity index is 926. The zero-order chi connectivity index (χ0) is 22.2. The molecule has 0 saturated carbocycles. The van der Waals surface area contributed by atoms with Crippen LogP contribution in [-0.2, 0) is 17.7 Å². The fraction of sp³-hybridized carbons (Fsp3) is 0.321. The molecule has 0 aliphatic carbocycles. The lowest BCUT2D eigenvalue weighted by atomic mass is 9.99. The Balaban J connectivity index is 1.30. The molecule has 32 heavy (non-hydrogen) atoms. The third-order valence-electron chi connectivity index (χ3n) is 6.17. The number of rotatable bonds is 7. The van der Waals surface area contributed by atoms with Crippen LogP contribution in [0.1, 0.15) is 48.1 Å². The highest BCUT2D eigenvalue weighted by Crippen LogP contribution is 2.23. The van der Waals surface area contributed by atoms with E-state index in [4.69, 9.17) is 4.74 Å². The minimum atomic E-state index is -0.351. The number of hydrogen-bond acceptors (Lipinski definition) is 3. The monoisotopic (exact) mass is 428 g/mol. The van der Waals surface area contributed by atoms with Crippen molar-refractivity contribution in [2.45, 2.75) is 44.9 Å². The van der Waals surface area contributed by atoms with E-state index < -0.39 is 0 Å². The highest BCUT2D eigenvalue weighted by atomic mass is 16.6. The molecule has 1 heterocycles. The third kappa shape index (κ3) is 5.98. The number of nitrogens with one attached hydrogen (secondary N) is 1. The molecule has 0 radical (unpaired) electrons. The Labute approximate surface area is 191 Å². The van der Waals surface area contributed by atoms with Crippen LogP contribution in [0.4, 0.5) is 4.79 Å². The van der Waals surface area contributed by atoms with Crippen molar-refractivity contribution in [3.63, 3.8) is 0 Å². The summed E-state index contributed by atoms with van der Waals surface area (Å²) >= 11 is 0. The molecule has 3 aromatic rings. The molecule has 1 fully saturated rings. The van der Waals surface area contributed by atoms with Gasteiger partial charge in [0.25, 0.3) is 0 Å². The lowest BCUT2D eigenvalue weighted by Crippen LogP contribution is -2.40. The summed E-state index contributed by atoms with van der Waals surface area (Å²) in [5.41, 5.74) is 4.79. The van der Waals surface area contributed by atoms with Gasteiger partial charge in [0.1, 0.15) is 6.10 Å². The van der Waals surface area contributed by atoms with Crippen LogP contribution in [0.2, 0.25) is 0 Å². The number of alkyl carbamates (subject to hydrolysis) is 1. The highest BCUT2D eigenvalue weighted by molar-refractivity contribution is 5.69. The van der Waals surface area contributed by atoms with Gasteiger partial charge in [-0.05, 0) is 41.5 Å². The molecule has 0 unspecified atom stereocenters. The molecular weight excluding hydrogens is 396 g/mol. The third-order valence-corrected chi connectivity index (χ3v) is 6.17. The molecule has 3 aromatic carbocycles. The number of benzene rings is 3. The van der Waals surface area contributed by atoms with E-state index in [0.717, 1.165) is 50.0 Å². The van der Waals surface area contributed by atoms with Crippen LogP contribution in [0.5, 0.6) is 0 Å². The number of carbonyl (C=O) groups is 1. The molecule has 4 nitrogen and oxygen atoms in total. The van der Waals surface area contributed by atoms with Crippen molar-refractivity contribution in [2.75, 3.05) is 13.1 Å². The predicted molar refractivity (Wildman–Crippen MR) is 128 cm³/mol. The van der Waals surface area contributed by atoms with Gasteiger partial charge in [-0.25, -0.2) is 4.79 Å². The Morgan fingerprint density at radius 2 is 1.41 bits per heavy atom. The Hall–Kier alpha value is -3.11. The van der Waals surface area contributed by atoms with Crippen LogP contribution < -0.4 is 5.32 Å². The number of piperidine rings is 1. The van der Waals surface area contributed by atoms with Crippen LogP contribution in [0.25, 0.3) is 0 Å². The van der Waals surface area contributed by atoms with Gasteiger partial charge >= 0.3 is 6.09 Å². The van der Waals surface area contributed by atoms with E-state index >= 15 is 0 Å². The van der Waals surface area contributed by atoms with Crippen LogP contribution in [0.3, 0.4) is 0 Å². The first-order valence-electron chi connectivity index (χ1n) is 11.6. The zero-order valence-electron chi connectivity index (χ0n) is 18.7. The molecule has 1 aliphatic heterocycles. The lowest BCUT2D eigenvalue weighted by Gasteiger charge is -2.32. The Kier molecular flexibility index (Phi) is 7.57. The molecule has 1 amide bonds. The maximum atomic E-state index is 12.8. The van der Waals surface area contributed by atoms with Crippen LogP contribution in [0.15, 0.2) is 84.9 Å². The summed E-state index contributed by atoms with van der Waals surface area (Å²) < 4.78 is 5.82. The molecule has 0 aromatic heterocycles. The van der Waals surface area contributed by atoms with Gasteiger partial charge in [0, 0.05) is 19.6 Å². The second-order valence-electron chi connectivity index (χ2n) is 8.45. The molecule has 1 N–H and O–H groups in total. The van der Waals surface area contributed by atoms with Gasteiger partial charge in [0.05, 0.1) is 6.04 Å². The standard InChI is InChI=1S/C28H32N2O2/c1-2-22-13-15-23(16-14-22)21-30-19-17-26(18-20-30)32-28(31)29-27(24-9-5-3-6-10-24)25-11-7-4-8-12-25/h3-16,26-27H,2,17-21H2,1H3,(H,29,31). The number of carbonyl (C=O) groups excluding carboxylic acids is 1. The number of likely N-dealkylation sites (tertiary alicyclic amines) is 1. The van der Waals surface area contributed by atoms with E-state index in [1.165, 1.54) is 11.1 Å². The first kappa shape index (κ1) is 22.1. The van der Waals surface area contributed by atoms with Crippen LogP contribution in [-0.4, -0.2) is 30.2 Å². The van der Waals surface area contributed by atoms with E-state index in [9.17, 15) is 4.79 Å². The van der Waals surface area contributed by atoms with Gasteiger partial charge in [-0.1, -0.05) is 91.9 Å². The summed E-state index contributed by atoms with van der Waals surface area (Å²) in [6.45, 7) is 5.01. The van der Waals surface area contributed by atoms with E-state index in [-0.39, 0.29) is 18.2 Å². The van der Waals surface area contributed by atoms with Gasteiger partial charge in [-0.15, -0.1) is 0 Å². The van der Waals surface area contributed by atoms with Crippen molar-refractivity contribution in [1.29, 1.82) is 0 Å². The van der Waals surface area contributed by atoms with Crippen LogP contribution >= 0.6 is 0 Å². The summed E-state index contributed by atoms with van der Waals surface area (Å²) in [4.78, 5) is 15.2. The van der Waals surface area contributed by atoms with Crippen molar-refractivity contribution < 1.29 is 9.53 Å². The quantitative estimate of drug-likeness (QED) is 0.523. The maximum absolute atomic E-state index is 12.8. The second kappa shape index (κ2) is 11.0. The summed E-state index contributed by atoms with van der Waals surface area (Å²) in [6.07, 6.45) is 2.40. The van der Waals surface area contributed by atoms with Gasteiger partial charge in [-0.2, -0.15) is 0 Å². The molecule has 4 rings (SSSR count). The summed E-state index contributed by atoms with van der Waals surface area (Å²) in [5.74, 6) is 0.